The first-order chi connectivity index (χ1) is 14.2. The fraction of sp³-hybridized carbons (Fsp3) is 0.167. The van der Waals surface area contributed by atoms with Gasteiger partial charge in [0, 0.05) is 11.1 Å². The van der Waals surface area contributed by atoms with Crippen LogP contribution in [-0.4, -0.2) is 19.6 Å². The van der Waals surface area contributed by atoms with E-state index in [0.717, 1.165) is 17.2 Å². The number of fused-ring (bicyclic) bond motifs is 1. The fourth-order valence-corrected chi connectivity index (χ4v) is 2.94. The molecule has 146 valence electrons. The predicted molar refractivity (Wildman–Crippen MR) is 115 cm³/mol. The van der Waals surface area contributed by atoms with Crippen LogP contribution in [0.4, 0.5) is 5.69 Å². The first-order valence-electron chi connectivity index (χ1n) is 9.38. The summed E-state index contributed by atoms with van der Waals surface area (Å²) in [5.74, 6) is 0.721. The molecular weight excluding hydrogens is 364 g/mol. The second-order valence-electron chi connectivity index (χ2n) is 6.41. The van der Waals surface area contributed by atoms with Crippen molar-refractivity contribution in [2.24, 2.45) is 0 Å². The first-order valence-corrected chi connectivity index (χ1v) is 9.38. The number of hydrogen-bond donors (Lipinski definition) is 1. The Morgan fingerprint density at radius 3 is 2.66 bits per heavy atom. The van der Waals surface area contributed by atoms with Gasteiger partial charge in [0.2, 0.25) is 0 Å². The number of nitrogens with one attached hydrogen (secondary N) is 1. The van der Waals surface area contributed by atoms with Gasteiger partial charge in [-0.05, 0) is 41.6 Å². The molecule has 0 radical (unpaired) electrons. The topological polar surface area (TPSA) is 71.3 Å². The highest BCUT2D eigenvalue weighted by Gasteiger charge is 2.12. The van der Waals surface area contributed by atoms with Crippen molar-refractivity contribution in [2.75, 3.05) is 19.0 Å². The zero-order chi connectivity index (χ0) is 20.6. The van der Waals surface area contributed by atoms with Gasteiger partial charge >= 0.3 is 0 Å². The summed E-state index contributed by atoms with van der Waals surface area (Å²) >= 11 is 0. The number of rotatable bonds is 7. The third-order valence-corrected chi connectivity index (χ3v) is 4.36. The molecule has 29 heavy (non-hydrogen) atoms. The summed E-state index contributed by atoms with van der Waals surface area (Å²) in [5.41, 5.74) is 1.34. The van der Waals surface area contributed by atoms with Crippen LogP contribution < -0.4 is 14.8 Å². The molecule has 0 aliphatic carbocycles. The minimum atomic E-state index is -0.464. The molecule has 0 unspecified atom stereocenters. The molecule has 0 aliphatic heterocycles. The lowest BCUT2D eigenvalue weighted by atomic mass is 10.1. The molecule has 0 bridgehead atoms. The smallest absolute Gasteiger partial charge is 0.266 e. The van der Waals surface area contributed by atoms with E-state index in [0.29, 0.717) is 29.4 Å². The van der Waals surface area contributed by atoms with Gasteiger partial charge in [-0.15, -0.1) is 0 Å². The first kappa shape index (κ1) is 20.0. The number of nitrogens with zero attached hydrogens (tertiary/aromatic N) is 1. The van der Waals surface area contributed by atoms with E-state index in [1.54, 1.807) is 25.3 Å². The molecular formula is C24H22N2O3. The summed E-state index contributed by atoms with van der Waals surface area (Å²) in [6.45, 7) is 2.61. The molecule has 1 amide bonds. The van der Waals surface area contributed by atoms with E-state index in [9.17, 15) is 10.1 Å². The molecule has 3 rings (SSSR count). The Labute approximate surface area is 170 Å². The molecule has 0 saturated heterocycles. The van der Waals surface area contributed by atoms with Crippen LogP contribution in [0.3, 0.4) is 0 Å². The third kappa shape index (κ3) is 4.74. The van der Waals surface area contributed by atoms with Crippen molar-refractivity contribution >= 4 is 28.4 Å². The summed E-state index contributed by atoms with van der Waals surface area (Å²) in [6, 6.07) is 20.7. The average Bonchev–Trinajstić information content (AvgIpc) is 2.76. The largest absolute Gasteiger partial charge is 0.493 e. The maximum absolute atomic E-state index is 12.7. The number of ether oxygens (including phenoxy) is 2. The summed E-state index contributed by atoms with van der Waals surface area (Å²) < 4.78 is 11.0. The minimum absolute atomic E-state index is 0.00205. The van der Waals surface area contributed by atoms with Crippen LogP contribution in [0.1, 0.15) is 18.9 Å². The van der Waals surface area contributed by atoms with E-state index < -0.39 is 5.91 Å². The number of amides is 1. The highest BCUT2D eigenvalue weighted by molar-refractivity contribution is 6.12. The standard InChI is InChI=1S/C24H22N2O3/c1-3-13-29-22-12-11-17(15-23(22)28-2)14-19(16-25)24(27)26-21-10-6-8-18-7-4-5-9-20(18)21/h4-12,14-15H,3,13H2,1-2H3,(H,26,27)/b19-14-. The van der Waals surface area contributed by atoms with E-state index in [-0.39, 0.29) is 5.57 Å². The van der Waals surface area contributed by atoms with Gasteiger partial charge in [-0.3, -0.25) is 4.79 Å². The lowest BCUT2D eigenvalue weighted by Gasteiger charge is -2.11. The Morgan fingerprint density at radius 1 is 1.10 bits per heavy atom. The van der Waals surface area contributed by atoms with Crippen LogP contribution in [0.25, 0.3) is 16.8 Å². The number of methoxy groups -OCH3 is 1. The van der Waals surface area contributed by atoms with E-state index in [1.165, 1.54) is 6.08 Å². The molecule has 0 atom stereocenters. The monoisotopic (exact) mass is 386 g/mol. The Kier molecular flexibility index (Phi) is 6.49. The van der Waals surface area contributed by atoms with Crippen LogP contribution >= 0.6 is 0 Å². The zero-order valence-corrected chi connectivity index (χ0v) is 16.4. The van der Waals surface area contributed by atoms with Crippen molar-refractivity contribution in [3.8, 4) is 17.6 Å². The van der Waals surface area contributed by atoms with Gasteiger partial charge in [-0.1, -0.05) is 49.4 Å². The molecule has 3 aromatic rings. The average molecular weight is 386 g/mol. The Hall–Kier alpha value is -3.78. The van der Waals surface area contributed by atoms with Crippen LogP contribution in [-0.2, 0) is 4.79 Å². The molecule has 0 fully saturated rings. The normalized spacial score (nSPS) is 11.0. The van der Waals surface area contributed by atoms with Gasteiger partial charge < -0.3 is 14.8 Å². The van der Waals surface area contributed by atoms with Crippen molar-refractivity contribution in [2.45, 2.75) is 13.3 Å². The minimum Gasteiger partial charge on any atom is -0.493 e. The molecule has 5 nitrogen and oxygen atoms in total. The third-order valence-electron chi connectivity index (χ3n) is 4.36. The van der Waals surface area contributed by atoms with Crippen LogP contribution in [0.2, 0.25) is 0 Å². The van der Waals surface area contributed by atoms with Crippen molar-refractivity contribution in [1.82, 2.24) is 0 Å². The highest BCUT2D eigenvalue weighted by Crippen LogP contribution is 2.29. The highest BCUT2D eigenvalue weighted by atomic mass is 16.5. The Morgan fingerprint density at radius 2 is 1.90 bits per heavy atom. The van der Waals surface area contributed by atoms with Crippen LogP contribution in [0.15, 0.2) is 66.2 Å². The second kappa shape index (κ2) is 9.43. The number of benzene rings is 3. The van der Waals surface area contributed by atoms with Crippen molar-refractivity contribution < 1.29 is 14.3 Å². The van der Waals surface area contributed by atoms with Gasteiger partial charge in [-0.25, -0.2) is 0 Å². The van der Waals surface area contributed by atoms with Crippen molar-refractivity contribution in [3.05, 3.63) is 71.8 Å². The second-order valence-corrected chi connectivity index (χ2v) is 6.41. The van der Waals surface area contributed by atoms with Gasteiger partial charge in [-0.2, -0.15) is 5.26 Å². The lowest BCUT2D eigenvalue weighted by Crippen LogP contribution is -2.13. The number of hydrogen-bond acceptors (Lipinski definition) is 4. The number of nitriles is 1. The molecule has 0 aliphatic rings. The van der Waals surface area contributed by atoms with E-state index in [2.05, 4.69) is 5.32 Å². The maximum Gasteiger partial charge on any atom is 0.266 e. The van der Waals surface area contributed by atoms with Gasteiger partial charge in [0.25, 0.3) is 5.91 Å². The number of carbonyl (C=O) groups is 1. The fourth-order valence-electron chi connectivity index (χ4n) is 2.94. The van der Waals surface area contributed by atoms with Gasteiger partial charge in [0.1, 0.15) is 11.6 Å². The summed E-state index contributed by atoms with van der Waals surface area (Å²) in [6.07, 6.45) is 2.42. The van der Waals surface area contributed by atoms with Crippen molar-refractivity contribution in [3.63, 3.8) is 0 Å². The van der Waals surface area contributed by atoms with E-state index in [1.807, 2.05) is 55.5 Å². The van der Waals surface area contributed by atoms with E-state index >= 15 is 0 Å². The molecule has 0 spiro atoms. The predicted octanol–water partition coefficient (Wildman–Crippen LogP) is 5.18. The Balaban J connectivity index is 1.86. The number of anilines is 1. The summed E-state index contributed by atoms with van der Waals surface area (Å²) in [5, 5.41) is 14.3. The summed E-state index contributed by atoms with van der Waals surface area (Å²) in [7, 11) is 1.56. The molecule has 3 aromatic carbocycles. The number of carbonyl (C=O) groups excluding carboxylic acids is 1. The van der Waals surface area contributed by atoms with Crippen LogP contribution in [0.5, 0.6) is 11.5 Å². The van der Waals surface area contributed by atoms with Crippen LogP contribution in [0, 0.1) is 11.3 Å². The van der Waals surface area contributed by atoms with Gasteiger partial charge in [0.05, 0.1) is 13.7 Å². The SMILES string of the molecule is CCCOc1ccc(/C=C(/C#N)C(=O)Nc2cccc3ccccc23)cc1OC. The zero-order valence-electron chi connectivity index (χ0n) is 16.4. The molecule has 1 N–H and O–H groups in total. The quantitative estimate of drug-likeness (QED) is 0.448. The molecule has 0 saturated carbocycles. The molecule has 5 heteroatoms. The van der Waals surface area contributed by atoms with Crippen molar-refractivity contribution in [1.29, 1.82) is 5.26 Å². The Bertz CT molecular complexity index is 1090. The summed E-state index contributed by atoms with van der Waals surface area (Å²) in [4.78, 5) is 12.7. The van der Waals surface area contributed by atoms with E-state index in [4.69, 9.17) is 9.47 Å². The van der Waals surface area contributed by atoms with Gasteiger partial charge in [0.15, 0.2) is 11.5 Å². The molecule has 0 heterocycles. The lowest BCUT2D eigenvalue weighted by molar-refractivity contribution is -0.112. The maximum atomic E-state index is 12.7. The molecule has 0 aromatic heterocycles.